The van der Waals surface area contributed by atoms with E-state index in [9.17, 15) is 18.4 Å². The number of rotatable bonds is 8. The number of unbranched alkanes of at least 4 members (excludes halogenated alkanes) is 4. The SMILES string of the molecule is CCCCCCCc1cc(=O)n2c(c1-c1ccc(F)c(F)c1)SC[C@H]2C=O. The van der Waals surface area contributed by atoms with Crippen molar-refractivity contribution in [1.29, 1.82) is 0 Å². The van der Waals surface area contributed by atoms with Crippen LogP contribution in [0, 0.1) is 11.6 Å². The lowest BCUT2D eigenvalue weighted by molar-refractivity contribution is -0.110. The van der Waals surface area contributed by atoms with Crippen LogP contribution in [0.25, 0.3) is 11.1 Å². The van der Waals surface area contributed by atoms with Crippen LogP contribution in [0.3, 0.4) is 0 Å². The molecular weight excluding hydrogens is 368 g/mol. The highest BCUT2D eigenvalue weighted by Crippen LogP contribution is 2.40. The molecule has 2 aromatic rings. The summed E-state index contributed by atoms with van der Waals surface area (Å²) < 4.78 is 28.7. The molecule has 0 amide bonds. The van der Waals surface area contributed by atoms with E-state index >= 15 is 0 Å². The van der Waals surface area contributed by atoms with Gasteiger partial charge in [0.2, 0.25) is 0 Å². The zero-order chi connectivity index (χ0) is 19.4. The smallest absolute Gasteiger partial charge is 0.252 e. The Labute approximate surface area is 161 Å². The molecule has 0 spiro atoms. The highest BCUT2D eigenvalue weighted by atomic mass is 32.2. The number of aldehydes is 1. The van der Waals surface area contributed by atoms with Gasteiger partial charge in [0.15, 0.2) is 11.6 Å². The van der Waals surface area contributed by atoms with Crippen molar-refractivity contribution < 1.29 is 13.6 Å². The predicted molar refractivity (Wildman–Crippen MR) is 104 cm³/mol. The van der Waals surface area contributed by atoms with Gasteiger partial charge < -0.3 is 4.79 Å². The Balaban J connectivity index is 2.04. The first-order valence-corrected chi connectivity index (χ1v) is 10.4. The Kier molecular flexibility index (Phi) is 6.47. The van der Waals surface area contributed by atoms with Gasteiger partial charge in [0.05, 0.1) is 5.03 Å². The lowest BCUT2D eigenvalue weighted by atomic mass is 9.96. The minimum absolute atomic E-state index is 0.206. The second-order valence-corrected chi connectivity index (χ2v) is 7.87. The molecule has 0 saturated heterocycles. The number of carbonyl (C=O) groups excluding carboxylic acids is 1. The summed E-state index contributed by atoms with van der Waals surface area (Å²) in [5.41, 5.74) is 1.92. The van der Waals surface area contributed by atoms with E-state index in [1.54, 1.807) is 6.07 Å². The summed E-state index contributed by atoms with van der Waals surface area (Å²) in [5.74, 6) is -1.33. The van der Waals surface area contributed by atoms with E-state index in [-0.39, 0.29) is 5.56 Å². The van der Waals surface area contributed by atoms with E-state index in [2.05, 4.69) is 6.92 Å². The van der Waals surface area contributed by atoms with E-state index in [1.165, 1.54) is 34.9 Å². The fourth-order valence-corrected chi connectivity index (χ4v) is 4.83. The van der Waals surface area contributed by atoms with E-state index in [0.717, 1.165) is 49.2 Å². The number of benzene rings is 1. The van der Waals surface area contributed by atoms with Gasteiger partial charge in [-0.15, -0.1) is 11.8 Å². The lowest BCUT2D eigenvalue weighted by Gasteiger charge is -2.16. The number of nitrogens with zero attached hydrogens (tertiary/aromatic N) is 1. The molecule has 2 heterocycles. The van der Waals surface area contributed by atoms with Gasteiger partial charge in [-0.1, -0.05) is 38.7 Å². The van der Waals surface area contributed by atoms with Gasteiger partial charge in [-0.3, -0.25) is 9.36 Å². The van der Waals surface area contributed by atoms with Gasteiger partial charge in [0.25, 0.3) is 5.56 Å². The highest BCUT2D eigenvalue weighted by molar-refractivity contribution is 7.99. The summed E-state index contributed by atoms with van der Waals surface area (Å²) in [4.78, 5) is 23.9. The third kappa shape index (κ3) is 4.15. The Hall–Kier alpha value is -1.95. The maximum atomic E-state index is 13.9. The number of hydrogen-bond donors (Lipinski definition) is 0. The van der Waals surface area contributed by atoms with Crippen LogP contribution in [0.5, 0.6) is 0 Å². The summed E-state index contributed by atoms with van der Waals surface area (Å²) in [7, 11) is 0. The summed E-state index contributed by atoms with van der Waals surface area (Å²) in [6.45, 7) is 2.16. The van der Waals surface area contributed by atoms with Crippen LogP contribution in [0.1, 0.15) is 50.6 Å². The number of fused-ring (bicyclic) bond motifs is 1. The quantitative estimate of drug-likeness (QED) is 0.461. The minimum atomic E-state index is -0.915. The molecule has 1 aliphatic heterocycles. The fraction of sp³-hybridized carbons (Fsp3) is 0.429. The number of thioether (sulfide) groups is 1. The molecule has 3 nitrogen and oxygen atoms in total. The number of halogens is 2. The molecule has 0 aliphatic carbocycles. The second-order valence-electron chi connectivity index (χ2n) is 6.87. The molecule has 0 unspecified atom stereocenters. The summed E-state index contributed by atoms with van der Waals surface area (Å²) in [6, 6.07) is 4.86. The third-order valence-corrected chi connectivity index (χ3v) is 6.11. The third-order valence-electron chi connectivity index (χ3n) is 4.93. The molecule has 144 valence electrons. The topological polar surface area (TPSA) is 39.1 Å². The van der Waals surface area contributed by atoms with Crippen LogP contribution in [-0.2, 0) is 11.2 Å². The normalized spacial score (nSPS) is 15.7. The Bertz CT molecular complexity index is 894. The van der Waals surface area contributed by atoms with Crippen LogP contribution >= 0.6 is 11.8 Å². The number of aryl methyl sites for hydroxylation is 1. The van der Waals surface area contributed by atoms with Crippen LogP contribution in [0.4, 0.5) is 8.78 Å². The molecule has 27 heavy (non-hydrogen) atoms. The summed E-state index contributed by atoms with van der Waals surface area (Å²) in [6.07, 6.45) is 6.94. The molecule has 1 aromatic heterocycles. The molecule has 0 saturated carbocycles. The van der Waals surface area contributed by atoms with Gasteiger partial charge in [-0.25, -0.2) is 8.78 Å². The van der Waals surface area contributed by atoms with E-state index < -0.39 is 17.7 Å². The molecule has 1 aliphatic rings. The standard InChI is InChI=1S/C21H23F2NO2S/c1-2-3-4-5-6-7-14-11-19(26)24-16(12-25)13-27-21(24)20(14)15-8-9-17(22)18(23)10-15/h8-12,16H,2-7,13H2,1H3/t16-/m1/s1. The Morgan fingerprint density at radius 2 is 1.93 bits per heavy atom. The van der Waals surface area contributed by atoms with Crippen LogP contribution in [-0.4, -0.2) is 16.6 Å². The van der Waals surface area contributed by atoms with E-state index in [4.69, 9.17) is 0 Å². The zero-order valence-electron chi connectivity index (χ0n) is 15.3. The fourth-order valence-electron chi connectivity index (χ4n) is 3.52. The molecule has 0 fully saturated rings. The number of pyridine rings is 1. The summed E-state index contributed by atoms with van der Waals surface area (Å²) >= 11 is 1.42. The van der Waals surface area contributed by atoms with Gasteiger partial charge in [-0.05, 0) is 36.1 Å². The maximum Gasteiger partial charge on any atom is 0.252 e. The molecule has 0 radical (unpaired) electrons. The van der Waals surface area contributed by atoms with E-state index in [1.807, 2.05) is 0 Å². The monoisotopic (exact) mass is 391 g/mol. The Morgan fingerprint density at radius 3 is 2.63 bits per heavy atom. The Morgan fingerprint density at radius 1 is 1.15 bits per heavy atom. The number of carbonyl (C=O) groups is 1. The number of aromatic nitrogens is 1. The zero-order valence-corrected chi connectivity index (χ0v) is 16.2. The molecule has 6 heteroatoms. The van der Waals surface area contributed by atoms with Crippen molar-refractivity contribution in [2.24, 2.45) is 0 Å². The van der Waals surface area contributed by atoms with Gasteiger partial charge in [0.1, 0.15) is 12.3 Å². The minimum Gasteiger partial charge on any atom is -0.301 e. The first kappa shape index (κ1) is 19.8. The molecule has 1 aromatic carbocycles. The van der Waals surface area contributed by atoms with Gasteiger partial charge >= 0.3 is 0 Å². The molecular formula is C21H23F2NO2S. The van der Waals surface area contributed by atoms with Crippen LogP contribution in [0.15, 0.2) is 34.1 Å². The van der Waals surface area contributed by atoms with Crippen molar-refractivity contribution >= 4 is 18.0 Å². The van der Waals surface area contributed by atoms with E-state index in [0.29, 0.717) is 22.8 Å². The van der Waals surface area contributed by atoms with Crippen molar-refractivity contribution in [2.45, 2.75) is 56.5 Å². The predicted octanol–water partition coefficient (Wildman–Crippen LogP) is 5.15. The van der Waals surface area contributed by atoms with Crippen LogP contribution < -0.4 is 5.56 Å². The molecule has 0 bridgehead atoms. The van der Waals surface area contributed by atoms with Crippen molar-refractivity contribution in [3.05, 3.63) is 51.8 Å². The lowest BCUT2D eigenvalue weighted by Crippen LogP contribution is -2.25. The number of hydrogen-bond acceptors (Lipinski definition) is 3. The summed E-state index contributed by atoms with van der Waals surface area (Å²) in [5, 5.41) is 0.675. The van der Waals surface area contributed by atoms with Crippen molar-refractivity contribution in [3.63, 3.8) is 0 Å². The average Bonchev–Trinajstić information content (AvgIpc) is 3.09. The molecule has 3 rings (SSSR count). The molecule has 0 N–H and O–H groups in total. The highest BCUT2D eigenvalue weighted by Gasteiger charge is 2.28. The molecule has 1 atom stereocenters. The van der Waals surface area contributed by atoms with Crippen LogP contribution in [0.2, 0.25) is 0 Å². The first-order chi connectivity index (χ1) is 13.1. The largest absolute Gasteiger partial charge is 0.301 e. The van der Waals surface area contributed by atoms with Crippen molar-refractivity contribution in [1.82, 2.24) is 4.57 Å². The van der Waals surface area contributed by atoms with Crippen molar-refractivity contribution in [3.8, 4) is 11.1 Å². The van der Waals surface area contributed by atoms with Crippen molar-refractivity contribution in [2.75, 3.05) is 5.75 Å². The van der Waals surface area contributed by atoms with Gasteiger partial charge in [0, 0.05) is 17.4 Å². The second kappa shape index (κ2) is 8.83. The first-order valence-electron chi connectivity index (χ1n) is 9.38. The maximum absolute atomic E-state index is 13.9. The van der Waals surface area contributed by atoms with Gasteiger partial charge in [-0.2, -0.15) is 0 Å². The average molecular weight is 391 g/mol.